The van der Waals surface area contributed by atoms with Crippen LogP contribution in [0.1, 0.15) is 147 Å². The van der Waals surface area contributed by atoms with Gasteiger partial charge in [0.15, 0.2) is 24.6 Å². The van der Waals surface area contributed by atoms with E-state index in [1.54, 1.807) is 0 Å². The van der Waals surface area contributed by atoms with Crippen LogP contribution in [0.25, 0.3) is 0 Å². The second-order valence-electron chi connectivity index (χ2n) is 19.5. The van der Waals surface area contributed by atoms with Gasteiger partial charge in [-0.1, -0.05) is 46.3 Å². The van der Waals surface area contributed by atoms with Crippen molar-refractivity contribution in [1.29, 1.82) is 0 Å². The number of aliphatic hydroxyl groups is 1. The third kappa shape index (κ3) is 8.27. The van der Waals surface area contributed by atoms with Gasteiger partial charge in [0.1, 0.15) is 12.7 Å². The fourth-order valence-corrected chi connectivity index (χ4v) is 13.0. The van der Waals surface area contributed by atoms with Crippen molar-refractivity contribution >= 4 is 23.9 Å². The van der Waals surface area contributed by atoms with E-state index in [-0.39, 0.29) is 34.4 Å². The summed E-state index contributed by atoms with van der Waals surface area (Å²) in [5, 5.41) is 11.9. The molecule has 4 saturated carbocycles. The van der Waals surface area contributed by atoms with Crippen molar-refractivity contribution in [3.8, 4) is 0 Å². The molecule has 0 bridgehead atoms. The van der Waals surface area contributed by atoms with Gasteiger partial charge in [-0.2, -0.15) is 0 Å². The minimum atomic E-state index is -1.27. The second-order valence-corrected chi connectivity index (χ2v) is 19.5. The van der Waals surface area contributed by atoms with E-state index in [0.717, 1.165) is 64.2 Å². The molecule has 1 aliphatic heterocycles. The largest absolute Gasteiger partial charge is 0.463 e. The van der Waals surface area contributed by atoms with Crippen molar-refractivity contribution in [2.24, 2.45) is 45.3 Å². The number of esters is 4. The number of fused-ring (bicyclic) bond motifs is 5. The van der Waals surface area contributed by atoms with Crippen molar-refractivity contribution in [3.05, 3.63) is 11.6 Å². The number of rotatable bonds is 11. The molecule has 5 aliphatic rings. The first-order valence-corrected chi connectivity index (χ1v) is 20.8. The van der Waals surface area contributed by atoms with Gasteiger partial charge in [-0.15, -0.1) is 0 Å². The molecule has 0 amide bonds. The molecule has 1 saturated heterocycles. The lowest BCUT2D eigenvalue weighted by Crippen LogP contribution is -2.66. The number of hydrogen-bond donors (Lipinski definition) is 1. The maximum Gasteiger partial charge on any atom is 0.303 e. The first kappa shape index (κ1) is 43.6. The Labute approximate surface area is 329 Å². The number of carbonyl (C=O) groups is 4. The summed E-state index contributed by atoms with van der Waals surface area (Å²) in [7, 11) is 0. The fourth-order valence-electron chi connectivity index (χ4n) is 13.0. The number of carbonyl (C=O) groups excluding carboxylic acids is 4. The molecule has 55 heavy (non-hydrogen) atoms. The molecular weight excluding hydrogens is 704 g/mol. The zero-order chi connectivity index (χ0) is 40.9. The van der Waals surface area contributed by atoms with Crippen LogP contribution in [0.4, 0.5) is 0 Å². The summed E-state index contributed by atoms with van der Waals surface area (Å²) in [5.74, 6) is -0.917. The van der Waals surface area contributed by atoms with Crippen molar-refractivity contribution in [2.75, 3.05) is 6.61 Å². The van der Waals surface area contributed by atoms with Gasteiger partial charge in [0, 0.05) is 27.7 Å². The Kier molecular flexibility index (Phi) is 12.7. The van der Waals surface area contributed by atoms with Crippen LogP contribution in [0.2, 0.25) is 0 Å². The predicted molar refractivity (Wildman–Crippen MR) is 205 cm³/mol. The normalized spacial score (nSPS) is 41.6. The molecule has 14 atom stereocenters. The van der Waals surface area contributed by atoms with Gasteiger partial charge in [0.2, 0.25) is 0 Å². The fraction of sp³-hybridized carbons (Fsp3) is 0.864. The van der Waals surface area contributed by atoms with Crippen LogP contribution in [0.15, 0.2) is 11.6 Å². The molecule has 4 unspecified atom stereocenters. The van der Waals surface area contributed by atoms with Crippen LogP contribution in [0.5, 0.6) is 0 Å². The Hall–Kier alpha value is -2.50. The van der Waals surface area contributed by atoms with Crippen LogP contribution in [-0.4, -0.2) is 78.0 Å². The zero-order valence-electron chi connectivity index (χ0n) is 35.7. The molecule has 0 aromatic rings. The standard InChI is InChI=1S/C44H70O11/c1-25(2)14-13-20-44(12,49)31-17-22-42(10)30(31)15-16-34-41(9)21-19-35(40(7,8)33(41)18-23-43(34,42)11)55-39-38(53-29(6)48)37(52-28(5)47)36(51-27(4)46)32(54-39)24-50-26(3)45/h14,30-39,49H,13,15-24H2,1-12H3/t30-,31-,32+,33?,34?,35?,36+,37-,38+,39?,41-,42-,43+,44-/m0/s1. The van der Waals surface area contributed by atoms with E-state index < -0.39 is 60.2 Å². The van der Waals surface area contributed by atoms with E-state index in [1.807, 2.05) is 0 Å². The first-order valence-electron chi connectivity index (χ1n) is 20.8. The summed E-state index contributed by atoms with van der Waals surface area (Å²) in [4.78, 5) is 49.0. The van der Waals surface area contributed by atoms with Gasteiger partial charge in [0.25, 0.3) is 0 Å². The van der Waals surface area contributed by atoms with E-state index in [0.29, 0.717) is 23.7 Å². The zero-order valence-corrected chi connectivity index (χ0v) is 35.7. The van der Waals surface area contributed by atoms with Gasteiger partial charge in [0.05, 0.1) is 11.7 Å². The van der Waals surface area contributed by atoms with E-state index in [4.69, 9.17) is 28.4 Å². The Bertz CT molecular complexity index is 1480. The molecule has 11 heteroatoms. The molecule has 1 N–H and O–H groups in total. The summed E-state index contributed by atoms with van der Waals surface area (Å²) in [6.45, 7) is 23.1. The van der Waals surface area contributed by atoms with Crippen LogP contribution < -0.4 is 0 Å². The smallest absolute Gasteiger partial charge is 0.303 e. The molecule has 0 aromatic heterocycles. The average Bonchev–Trinajstić information content (AvgIpc) is 3.42. The molecule has 5 rings (SSSR count). The SMILES string of the molecule is CC(=O)OC[C@H]1OC(OC2CC[C@@]3(C)C(CC[C@]4(C)C3CC[C@H]3[C@@H]([C@@](C)(O)CCC=C(C)C)CC[C@@]34C)C2(C)C)[C@H](OC(C)=O)[C@@H](OC(C)=O)[C@@H]1OC(C)=O. The minimum absolute atomic E-state index is 0.0513. The number of ether oxygens (including phenoxy) is 6. The van der Waals surface area contributed by atoms with Crippen molar-refractivity contribution in [1.82, 2.24) is 0 Å². The van der Waals surface area contributed by atoms with Gasteiger partial charge in [-0.25, -0.2) is 0 Å². The number of hydrogen-bond acceptors (Lipinski definition) is 11. The maximum absolute atomic E-state index is 12.5. The maximum atomic E-state index is 12.5. The lowest BCUT2D eigenvalue weighted by molar-refractivity contribution is -0.334. The van der Waals surface area contributed by atoms with Gasteiger partial charge >= 0.3 is 23.9 Å². The minimum Gasteiger partial charge on any atom is -0.463 e. The number of allylic oxidation sites excluding steroid dienone is 2. The quantitative estimate of drug-likeness (QED) is 0.0958. The summed E-state index contributed by atoms with van der Waals surface area (Å²) in [6, 6.07) is 0. The van der Waals surface area contributed by atoms with Crippen molar-refractivity contribution < 1.29 is 52.7 Å². The van der Waals surface area contributed by atoms with E-state index in [9.17, 15) is 24.3 Å². The summed E-state index contributed by atoms with van der Waals surface area (Å²) < 4.78 is 35.6. The Balaban J connectivity index is 1.40. The highest BCUT2D eigenvalue weighted by Gasteiger charge is 2.70. The molecule has 11 nitrogen and oxygen atoms in total. The average molecular weight is 775 g/mol. The van der Waals surface area contributed by atoms with E-state index in [1.165, 1.54) is 33.3 Å². The summed E-state index contributed by atoms with van der Waals surface area (Å²) in [5.41, 5.74) is 0.612. The van der Waals surface area contributed by atoms with Crippen LogP contribution in [0, 0.1) is 45.3 Å². The highest BCUT2D eigenvalue weighted by molar-refractivity contribution is 5.68. The topological polar surface area (TPSA) is 144 Å². The summed E-state index contributed by atoms with van der Waals surface area (Å²) in [6.07, 6.45) is 5.97. The Morgan fingerprint density at radius 1 is 0.727 bits per heavy atom. The summed E-state index contributed by atoms with van der Waals surface area (Å²) >= 11 is 0. The lowest BCUT2D eigenvalue weighted by atomic mass is 9.35. The molecule has 312 valence electrons. The van der Waals surface area contributed by atoms with E-state index >= 15 is 0 Å². The molecule has 5 fully saturated rings. The Morgan fingerprint density at radius 3 is 1.93 bits per heavy atom. The predicted octanol–water partition coefficient (Wildman–Crippen LogP) is 7.64. The monoisotopic (exact) mass is 774 g/mol. The third-order valence-electron chi connectivity index (χ3n) is 15.6. The third-order valence-corrected chi connectivity index (χ3v) is 15.6. The van der Waals surface area contributed by atoms with Crippen LogP contribution in [0.3, 0.4) is 0 Å². The second kappa shape index (κ2) is 16.0. The highest BCUT2D eigenvalue weighted by atomic mass is 16.7. The molecule has 1 heterocycles. The van der Waals surface area contributed by atoms with E-state index in [2.05, 4.69) is 61.5 Å². The van der Waals surface area contributed by atoms with Crippen molar-refractivity contribution in [2.45, 2.75) is 190 Å². The van der Waals surface area contributed by atoms with Crippen LogP contribution in [-0.2, 0) is 47.6 Å². The molecule has 0 radical (unpaired) electrons. The van der Waals surface area contributed by atoms with Gasteiger partial charge < -0.3 is 33.5 Å². The lowest BCUT2D eigenvalue weighted by Gasteiger charge is -2.70. The van der Waals surface area contributed by atoms with Crippen molar-refractivity contribution in [3.63, 3.8) is 0 Å². The molecule has 0 spiro atoms. The highest BCUT2D eigenvalue weighted by Crippen LogP contribution is 2.76. The van der Waals surface area contributed by atoms with Crippen LogP contribution >= 0.6 is 0 Å². The molecule has 4 aliphatic carbocycles. The Morgan fingerprint density at radius 2 is 1.33 bits per heavy atom. The first-order chi connectivity index (χ1) is 25.5. The van der Waals surface area contributed by atoms with Gasteiger partial charge in [-0.05, 0) is 130 Å². The molecular formula is C44H70O11. The molecule has 0 aromatic carbocycles. The van der Waals surface area contributed by atoms with Gasteiger partial charge in [-0.3, -0.25) is 19.2 Å².